The lowest BCUT2D eigenvalue weighted by atomic mass is 9.96. The Morgan fingerprint density at radius 2 is 2.19 bits per heavy atom. The SMILES string of the molecule is CCn1ncnc1CC(=O)C1CC2CC2C1. The number of aryl methyl sites for hydroxylation is 1. The van der Waals surface area contributed by atoms with E-state index in [9.17, 15) is 4.79 Å². The van der Waals surface area contributed by atoms with E-state index in [0.29, 0.717) is 18.1 Å². The van der Waals surface area contributed by atoms with Crippen molar-refractivity contribution in [3.8, 4) is 0 Å². The number of fused-ring (bicyclic) bond motifs is 1. The smallest absolute Gasteiger partial charge is 0.143 e. The average molecular weight is 219 g/mol. The Hall–Kier alpha value is -1.19. The molecule has 1 heterocycles. The first-order chi connectivity index (χ1) is 7.78. The summed E-state index contributed by atoms with van der Waals surface area (Å²) in [7, 11) is 0. The summed E-state index contributed by atoms with van der Waals surface area (Å²) in [6.45, 7) is 2.81. The van der Waals surface area contributed by atoms with Crippen molar-refractivity contribution < 1.29 is 4.79 Å². The molecule has 2 aliphatic rings. The number of hydrogen-bond donors (Lipinski definition) is 0. The molecule has 2 aliphatic carbocycles. The number of rotatable bonds is 4. The monoisotopic (exact) mass is 219 g/mol. The number of nitrogens with zero attached hydrogens (tertiary/aromatic N) is 3. The number of aromatic nitrogens is 3. The molecule has 0 N–H and O–H groups in total. The van der Waals surface area contributed by atoms with Crippen molar-refractivity contribution >= 4 is 5.78 Å². The number of carbonyl (C=O) groups excluding carboxylic acids is 1. The van der Waals surface area contributed by atoms with Crippen molar-refractivity contribution in [3.63, 3.8) is 0 Å². The molecule has 0 amide bonds. The van der Waals surface area contributed by atoms with Crippen LogP contribution >= 0.6 is 0 Å². The van der Waals surface area contributed by atoms with Crippen LogP contribution < -0.4 is 0 Å². The van der Waals surface area contributed by atoms with Crippen LogP contribution in [0.3, 0.4) is 0 Å². The lowest BCUT2D eigenvalue weighted by molar-refractivity contribution is -0.122. The molecule has 0 spiro atoms. The molecule has 0 radical (unpaired) electrons. The van der Waals surface area contributed by atoms with Gasteiger partial charge in [-0.05, 0) is 38.0 Å². The number of carbonyl (C=O) groups is 1. The van der Waals surface area contributed by atoms with E-state index in [1.807, 2.05) is 11.6 Å². The quantitative estimate of drug-likeness (QED) is 0.770. The second-order valence-electron chi connectivity index (χ2n) is 5.06. The first-order valence-electron chi connectivity index (χ1n) is 6.17. The molecule has 1 aromatic heterocycles. The lowest BCUT2D eigenvalue weighted by Crippen LogP contribution is -2.18. The molecule has 2 unspecified atom stereocenters. The molecule has 0 bridgehead atoms. The molecule has 1 aromatic rings. The molecule has 3 rings (SSSR count). The molecule has 2 fully saturated rings. The molecule has 0 saturated heterocycles. The van der Waals surface area contributed by atoms with Crippen LogP contribution in [-0.2, 0) is 17.8 Å². The zero-order chi connectivity index (χ0) is 11.1. The van der Waals surface area contributed by atoms with Crippen LogP contribution in [0.5, 0.6) is 0 Å². The molecule has 2 saturated carbocycles. The van der Waals surface area contributed by atoms with Crippen LogP contribution in [0.1, 0.15) is 32.0 Å². The van der Waals surface area contributed by atoms with Crippen molar-refractivity contribution in [3.05, 3.63) is 12.2 Å². The first-order valence-corrected chi connectivity index (χ1v) is 6.17. The van der Waals surface area contributed by atoms with Crippen LogP contribution in [0, 0.1) is 17.8 Å². The van der Waals surface area contributed by atoms with Crippen LogP contribution in [-0.4, -0.2) is 20.5 Å². The Kier molecular flexibility index (Phi) is 2.30. The van der Waals surface area contributed by atoms with Gasteiger partial charge in [0.25, 0.3) is 0 Å². The highest BCUT2D eigenvalue weighted by Crippen LogP contribution is 2.54. The fourth-order valence-electron chi connectivity index (χ4n) is 2.97. The maximum atomic E-state index is 12.1. The summed E-state index contributed by atoms with van der Waals surface area (Å²) in [5, 5.41) is 4.09. The minimum absolute atomic E-state index is 0.311. The van der Waals surface area contributed by atoms with Gasteiger partial charge in [0.1, 0.15) is 17.9 Å². The zero-order valence-electron chi connectivity index (χ0n) is 9.59. The van der Waals surface area contributed by atoms with E-state index in [2.05, 4.69) is 10.1 Å². The topological polar surface area (TPSA) is 47.8 Å². The number of Topliss-reactive ketones (excluding diaryl/α,β-unsaturated/α-hetero) is 1. The summed E-state index contributed by atoms with van der Waals surface area (Å²) in [6.07, 6.45) is 5.64. The average Bonchev–Trinajstić information content (AvgIpc) is 2.75. The van der Waals surface area contributed by atoms with Crippen molar-refractivity contribution in [2.45, 2.75) is 39.2 Å². The predicted molar refractivity (Wildman–Crippen MR) is 58.7 cm³/mol. The molecular weight excluding hydrogens is 202 g/mol. The van der Waals surface area contributed by atoms with Gasteiger partial charge in [-0.3, -0.25) is 4.79 Å². The highest BCUT2D eigenvalue weighted by Gasteiger charge is 2.47. The number of hydrogen-bond acceptors (Lipinski definition) is 3. The van der Waals surface area contributed by atoms with Crippen LogP contribution in [0.2, 0.25) is 0 Å². The molecule has 16 heavy (non-hydrogen) atoms. The first kappa shape index (κ1) is 10.00. The third kappa shape index (κ3) is 1.66. The normalized spacial score (nSPS) is 31.4. The Labute approximate surface area is 95.1 Å². The number of ketones is 1. The summed E-state index contributed by atoms with van der Waals surface area (Å²) >= 11 is 0. The van der Waals surface area contributed by atoms with Gasteiger partial charge in [-0.2, -0.15) is 5.10 Å². The Bertz CT molecular complexity index is 402. The highest BCUT2D eigenvalue weighted by atomic mass is 16.1. The second kappa shape index (κ2) is 3.68. The maximum Gasteiger partial charge on any atom is 0.143 e. The van der Waals surface area contributed by atoms with E-state index < -0.39 is 0 Å². The lowest BCUT2D eigenvalue weighted by Gasteiger charge is -2.10. The molecule has 4 nitrogen and oxygen atoms in total. The summed E-state index contributed by atoms with van der Waals surface area (Å²) in [5.74, 6) is 3.25. The Morgan fingerprint density at radius 3 is 2.88 bits per heavy atom. The molecule has 0 aliphatic heterocycles. The second-order valence-corrected chi connectivity index (χ2v) is 5.06. The van der Waals surface area contributed by atoms with E-state index in [1.54, 1.807) is 0 Å². The summed E-state index contributed by atoms with van der Waals surface area (Å²) in [4.78, 5) is 16.2. The van der Waals surface area contributed by atoms with Gasteiger partial charge >= 0.3 is 0 Å². The van der Waals surface area contributed by atoms with Crippen LogP contribution in [0.4, 0.5) is 0 Å². The maximum absolute atomic E-state index is 12.1. The third-order valence-corrected chi connectivity index (χ3v) is 4.03. The standard InChI is InChI=1S/C12H17N3O/c1-2-15-12(13-7-14-15)6-11(16)10-4-8-3-9(8)5-10/h7-10H,2-6H2,1H3. The molecular formula is C12H17N3O. The fraction of sp³-hybridized carbons (Fsp3) is 0.750. The molecule has 2 atom stereocenters. The summed E-state index contributed by atoms with van der Waals surface area (Å²) in [5.41, 5.74) is 0. The minimum atomic E-state index is 0.311. The predicted octanol–water partition coefficient (Wildman–Crippen LogP) is 1.46. The Balaban J connectivity index is 1.63. The van der Waals surface area contributed by atoms with E-state index >= 15 is 0 Å². The third-order valence-electron chi connectivity index (χ3n) is 4.03. The van der Waals surface area contributed by atoms with Gasteiger partial charge < -0.3 is 0 Å². The van der Waals surface area contributed by atoms with Gasteiger partial charge in [0.15, 0.2) is 0 Å². The van der Waals surface area contributed by atoms with Crippen molar-refractivity contribution in [1.82, 2.24) is 14.8 Å². The largest absolute Gasteiger partial charge is 0.299 e. The van der Waals surface area contributed by atoms with Gasteiger partial charge in [-0.1, -0.05) is 0 Å². The minimum Gasteiger partial charge on any atom is -0.299 e. The van der Waals surface area contributed by atoms with Gasteiger partial charge in [-0.25, -0.2) is 9.67 Å². The highest BCUT2D eigenvalue weighted by molar-refractivity contribution is 5.83. The summed E-state index contributed by atoms with van der Waals surface area (Å²) < 4.78 is 1.81. The van der Waals surface area contributed by atoms with Crippen LogP contribution in [0.15, 0.2) is 6.33 Å². The Morgan fingerprint density at radius 1 is 1.44 bits per heavy atom. The van der Waals surface area contributed by atoms with Gasteiger partial charge in [0.05, 0.1) is 6.42 Å². The van der Waals surface area contributed by atoms with Gasteiger partial charge in [0, 0.05) is 12.5 Å². The van der Waals surface area contributed by atoms with Crippen molar-refractivity contribution in [1.29, 1.82) is 0 Å². The van der Waals surface area contributed by atoms with Crippen molar-refractivity contribution in [2.24, 2.45) is 17.8 Å². The van der Waals surface area contributed by atoms with Crippen molar-refractivity contribution in [2.75, 3.05) is 0 Å². The summed E-state index contributed by atoms with van der Waals surface area (Å²) in [6, 6.07) is 0. The van der Waals surface area contributed by atoms with Gasteiger partial charge in [-0.15, -0.1) is 0 Å². The van der Waals surface area contributed by atoms with Gasteiger partial charge in [0.2, 0.25) is 0 Å². The molecule has 86 valence electrons. The van der Waals surface area contributed by atoms with E-state index in [1.165, 1.54) is 12.7 Å². The van der Waals surface area contributed by atoms with E-state index in [0.717, 1.165) is 37.0 Å². The fourth-order valence-corrected chi connectivity index (χ4v) is 2.97. The van der Waals surface area contributed by atoms with E-state index in [-0.39, 0.29) is 0 Å². The molecule has 0 aromatic carbocycles. The van der Waals surface area contributed by atoms with Crippen LogP contribution in [0.25, 0.3) is 0 Å². The van der Waals surface area contributed by atoms with E-state index in [4.69, 9.17) is 0 Å². The zero-order valence-corrected chi connectivity index (χ0v) is 9.59. The molecule has 4 heteroatoms.